The zero-order chi connectivity index (χ0) is 15.8. The average molecular weight is 319 g/mol. The first-order valence-electron chi connectivity index (χ1n) is 7.12. The maximum absolute atomic E-state index is 11.9. The number of hydrogen-bond acceptors (Lipinski definition) is 3. The highest BCUT2D eigenvalue weighted by atomic mass is 35.5. The summed E-state index contributed by atoms with van der Waals surface area (Å²) in [6.45, 7) is 1.07. The smallest absolute Gasteiger partial charge is 0.177 e. The molecule has 0 heterocycles. The lowest BCUT2D eigenvalue weighted by atomic mass is 9.98. The maximum atomic E-state index is 11.9. The summed E-state index contributed by atoms with van der Waals surface area (Å²) in [6.07, 6.45) is 0.667. The molecule has 0 radical (unpaired) electrons. The highest BCUT2D eigenvalue weighted by Crippen LogP contribution is 2.19. The minimum atomic E-state index is -0.0511. The van der Waals surface area contributed by atoms with E-state index in [0.29, 0.717) is 25.2 Å². The quantitative estimate of drug-likeness (QED) is 0.423. The average Bonchev–Trinajstić information content (AvgIpc) is 2.55. The van der Waals surface area contributed by atoms with Gasteiger partial charge in [-0.05, 0) is 29.7 Å². The number of carbonyl (C=O) groups is 1. The van der Waals surface area contributed by atoms with Crippen LogP contribution in [0.2, 0.25) is 0 Å². The third kappa shape index (κ3) is 4.58. The Morgan fingerprint density at radius 1 is 1.09 bits per heavy atom. The molecule has 2 rings (SSSR count). The molecule has 0 aliphatic heterocycles. The van der Waals surface area contributed by atoms with Crippen LogP contribution in [0.25, 0.3) is 0 Å². The second-order valence-corrected chi connectivity index (χ2v) is 5.15. The molecule has 3 nitrogen and oxygen atoms in total. The molecule has 0 atom stereocenters. The lowest BCUT2D eigenvalue weighted by Crippen LogP contribution is -2.06. The van der Waals surface area contributed by atoms with Gasteiger partial charge in [0.2, 0.25) is 0 Å². The van der Waals surface area contributed by atoms with Crippen molar-refractivity contribution in [3.05, 3.63) is 65.2 Å². The summed E-state index contributed by atoms with van der Waals surface area (Å²) < 4.78 is 10.6. The second-order valence-electron chi connectivity index (χ2n) is 4.88. The Balaban J connectivity index is 2.14. The minimum Gasteiger partial charge on any atom is -0.491 e. The topological polar surface area (TPSA) is 35.5 Å². The molecule has 116 valence electrons. The number of halogens is 1. The van der Waals surface area contributed by atoms with Crippen molar-refractivity contribution in [2.45, 2.75) is 6.42 Å². The Labute approximate surface area is 135 Å². The summed E-state index contributed by atoms with van der Waals surface area (Å²) in [5.74, 6) is 0.748. The van der Waals surface area contributed by atoms with Crippen molar-refractivity contribution in [3.63, 3.8) is 0 Å². The zero-order valence-electron chi connectivity index (χ0n) is 12.5. The van der Waals surface area contributed by atoms with Crippen LogP contribution < -0.4 is 4.74 Å². The van der Waals surface area contributed by atoms with E-state index in [4.69, 9.17) is 21.1 Å². The molecule has 0 aromatic heterocycles. The monoisotopic (exact) mass is 318 g/mol. The number of hydrogen-bond donors (Lipinski definition) is 0. The third-order valence-corrected chi connectivity index (χ3v) is 3.53. The molecule has 0 fully saturated rings. The van der Waals surface area contributed by atoms with E-state index in [-0.39, 0.29) is 11.7 Å². The molecular weight excluding hydrogens is 300 g/mol. The van der Waals surface area contributed by atoms with Gasteiger partial charge in [-0.1, -0.05) is 36.4 Å². The molecule has 0 aliphatic rings. The van der Waals surface area contributed by atoms with Crippen molar-refractivity contribution in [2.24, 2.45) is 0 Å². The Bertz CT molecular complexity index is 625. The Kier molecular flexibility index (Phi) is 6.44. The first-order valence-corrected chi connectivity index (χ1v) is 7.66. The molecule has 4 heteroatoms. The van der Waals surface area contributed by atoms with Gasteiger partial charge in [-0.25, -0.2) is 0 Å². The van der Waals surface area contributed by atoms with Crippen LogP contribution in [-0.2, 0) is 11.2 Å². The summed E-state index contributed by atoms with van der Waals surface area (Å²) in [6, 6.07) is 15.4. The fourth-order valence-electron chi connectivity index (χ4n) is 2.23. The molecule has 2 aromatic rings. The number of ketones is 1. The summed E-state index contributed by atoms with van der Waals surface area (Å²) in [5, 5.41) is 0. The van der Waals surface area contributed by atoms with Crippen molar-refractivity contribution < 1.29 is 14.3 Å². The zero-order valence-corrected chi connectivity index (χ0v) is 13.3. The van der Waals surface area contributed by atoms with Crippen LogP contribution in [0.4, 0.5) is 0 Å². The van der Waals surface area contributed by atoms with E-state index in [2.05, 4.69) is 0 Å². The predicted molar refractivity (Wildman–Crippen MR) is 88.1 cm³/mol. The predicted octanol–water partition coefficient (Wildman–Crippen LogP) is 3.72. The lowest BCUT2D eigenvalue weighted by Gasteiger charge is -2.10. The van der Waals surface area contributed by atoms with Crippen LogP contribution >= 0.6 is 11.6 Å². The molecule has 0 amide bonds. The minimum absolute atomic E-state index is 0.00280. The number of methoxy groups -OCH3 is 1. The lowest BCUT2D eigenvalue weighted by molar-refractivity contribution is 0.102. The van der Waals surface area contributed by atoms with Crippen molar-refractivity contribution in [1.82, 2.24) is 0 Å². The van der Waals surface area contributed by atoms with Gasteiger partial charge in [-0.15, -0.1) is 11.6 Å². The van der Waals surface area contributed by atoms with E-state index in [1.807, 2.05) is 48.5 Å². The third-order valence-electron chi connectivity index (χ3n) is 3.29. The molecule has 22 heavy (non-hydrogen) atoms. The Hall–Kier alpha value is -1.84. The van der Waals surface area contributed by atoms with Gasteiger partial charge in [0, 0.05) is 12.7 Å². The van der Waals surface area contributed by atoms with Gasteiger partial charge in [0.05, 0.1) is 12.5 Å². The molecule has 0 aliphatic carbocycles. The highest BCUT2D eigenvalue weighted by molar-refractivity contribution is 6.30. The standard InChI is InChI=1S/C18H19ClO3/c1-21-9-10-22-16-7-4-5-14(12-16)11-15-6-2-3-8-17(15)18(20)13-19/h2-8,12H,9-11,13H2,1H3. The molecule has 0 bridgehead atoms. The largest absolute Gasteiger partial charge is 0.491 e. The molecule has 0 saturated carbocycles. The van der Waals surface area contributed by atoms with E-state index in [9.17, 15) is 4.79 Å². The van der Waals surface area contributed by atoms with Crippen LogP contribution in [0.5, 0.6) is 5.75 Å². The number of ether oxygens (including phenoxy) is 2. The van der Waals surface area contributed by atoms with Crippen LogP contribution in [0.15, 0.2) is 48.5 Å². The second kappa shape index (κ2) is 8.57. The highest BCUT2D eigenvalue weighted by Gasteiger charge is 2.10. The molecule has 0 saturated heterocycles. The molecule has 0 spiro atoms. The Morgan fingerprint density at radius 2 is 1.91 bits per heavy atom. The van der Waals surface area contributed by atoms with Crippen molar-refractivity contribution in [2.75, 3.05) is 26.2 Å². The van der Waals surface area contributed by atoms with E-state index < -0.39 is 0 Å². The van der Waals surface area contributed by atoms with Crippen LogP contribution in [0, 0.1) is 0 Å². The van der Waals surface area contributed by atoms with Crippen molar-refractivity contribution in [1.29, 1.82) is 0 Å². The summed E-state index contributed by atoms with van der Waals surface area (Å²) in [5.41, 5.74) is 2.75. The number of alkyl halides is 1. The number of carbonyl (C=O) groups excluding carboxylic acids is 1. The van der Waals surface area contributed by atoms with Gasteiger partial charge in [-0.2, -0.15) is 0 Å². The van der Waals surface area contributed by atoms with E-state index in [1.165, 1.54) is 0 Å². The van der Waals surface area contributed by atoms with E-state index in [0.717, 1.165) is 16.9 Å². The summed E-state index contributed by atoms with van der Waals surface area (Å²) in [4.78, 5) is 11.9. The molecular formula is C18H19ClO3. The van der Waals surface area contributed by atoms with Crippen molar-refractivity contribution >= 4 is 17.4 Å². The van der Waals surface area contributed by atoms with Crippen molar-refractivity contribution in [3.8, 4) is 5.75 Å². The number of Topliss-reactive ketones (excluding diaryl/α,β-unsaturated/α-hetero) is 1. The number of rotatable bonds is 8. The van der Waals surface area contributed by atoms with Gasteiger partial charge < -0.3 is 9.47 Å². The van der Waals surface area contributed by atoms with Gasteiger partial charge >= 0.3 is 0 Å². The fraction of sp³-hybridized carbons (Fsp3) is 0.278. The summed E-state index contributed by atoms with van der Waals surface area (Å²) in [7, 11) is 1.64. The summed E-state index contributed by atoms with van der Waals surface area (Å²) >= 11 is 5.68. The van der Waals surface area contributed by atoms with Gasteiger partial charge in [0.15, 0.2) is 5.78 Å². The first kappa shape index (κ1) is 16.5. The molecule has 0 N–H and O–H groups in total. The van der Waals surface area contributed by atoms with Gasteiger partial charge in [0.1, 0.15) is 12.4 Å². The van der Waals surface area contributed by atoms with Crippen LogP contribution in [0.1, 0.15) is 21.5 Å². The Morgan fingerprint density at radius 3 is 2.68 bits per heavy atom. The van der Waals surface area contributed by atoms with Gasteiger partial charge in [-0.3, -0.25) is 4.79 Å². The molecule has 2 aromatic carbocycles. The SMILES string of the molecule is COCCOc1cccc(Cc2ccccc2C(=O)CCl)c1. The first-order chi connectivity index (χ1) is 10.7. The fourth-order valence-corrected chi connectivity index (χ4v) is 2.37. The van der Waals surface area contributed by atoms with Gasteiger partial charge in [0.25, 0.3) is 0 Å². The molecule has 0 unspecified atom stereocenters. The van der Waals surface area contributed by atoms with Crippen LogP contribution in [-0.4, -0.2) is 32.0 Å². The van der Waals surface area contributed by atoms with E-state index in [1.54, 1.807) is 7.11 Å². The number of benzene rings is 2. The normalized spacial score (nSPS) is 10.5. The van der Waals surface area contributed by atoms with E-state index >= 15 is 0 Å². The van der Waals surface area contributed by atoms with Crippen LogP contribution in [0.3, 0.4) is 0 Å². The maximum Gasteiger partial charge on any atom is 0.177 e.